The van der Waals surface area contributed by atoms with Crippen LogP contribution in [0.3, 0.4) is 0 Å². The van der Waals surface area contributed by atoms with Gasteiger partial charge in [0.25, 0.3) is 0 Å². The fourth-order valence-electron chi connectivity index (χ4n) is 3.51. The molecule has 0 atom stereocenters. The van der Waals surface area contributed by atoms with Gasteiger partial charge in [-0.2, -0.15) is 0 Å². The third-order valence-corrected chi connectivity index (χ3v) is 5.13. The lowest BCUT2D eigenvalue weighted by molar-refractivity contribution is -0.128. The molecule has 0 saturated heterocycles. The molecule has 1 aromatic heterocycles. The topological polar surface area (TPSA) is 84.2 Å². The van der Waals surface area contributed by atoms with Crippen LogP contribution in [0.1, 0.15) is 11.1 Å². The molecule has 0 N–H and O–H groups in total. The number of aryl methyl sites for hydroxylation is 1. The number of rotatable bonds is 5. The summed E-state index contributed by atoms with van der Waals surface area (Å²) >= 11 is 0. The molecule has 4 aromatic rings. The third kappa shape index (κ3) is 4.63. The first-order valence-corrected chi connectivity index (χ1v) is 10.6. The zero-order chi connectivity index (χ0) is 23.5. The molecule has 2 heterocycles. The molecule has 1 aliphatic heterocycles. The number of esters is 1. The molecule has 0 saturated carbocycles. The van der Waals surface area contributed by atoms with Crippen LogP contribution < -0.4 is 24.4 Å². The van der Waals surface area contributed by atoms with E-state index in [1.54, 1.807) is 24.3 Å². The minimum absolute atomic E-state index is 0.0743. The van der Waals surface area contributed by atoms with Gasteiger partial charge in [0.05, 0.1) is 5.39 Å². The lowest BCUT2D eigenvalue weighted by atomic mass is 10.2. The van der Waals surface area contributed by atoms with Crippen LogP contribution in [0.25, 0.3) is 17.0 Å². The molecule has 3 aromatic carbocycles. The van der Waals surface area contributed by atoms with Crippen LogP contribution in [0.5, 0.6) is 28.7 Å². The smallest absolute Gasteiger partial charge is 0.336 e. The van der Waals surface area contributed by atoms with Crippen molar-refractivity contribution in [2.75, 3.05) is 13.2 Å². The van der Waals surface area contributed by atoms with Gasteiger partial charge < -0.3 is 23.4 Å². The monoisotopic (exact) mass is 456 g/mol. The van der Waals surface area contributed by atoms with Crippen LogP contribution in [0.15, 0.2) is 82.2 Å². The molecule has 170 valence electrons. The van der Waals surface area contributed by atoms with E-state index in [-0.39, 0.29) is 22.5 Å². The van der Waals surface area contributed by atoms with E-state index in [1.807, 2.05) is 31.2 Å². The number of benzene rings is 3. The van der Waals surface area contributed by atoms with Crippen molar-refractivity contribution in [2.24, 2.45) is 0 Å². The second kappa shape index (κ2) is 9.15. The van der Waals surface area contributed by atoms with Gasteiger partial charge in [-0.25, -0.2) is 4.79 Å². The van der Waals surface area contributed by atoms with E-state index in [1.165, 1.54) is 30.5 Å². The van der Waals surface area contributed by atoms with Crippen molar-refractivity contribution in [3.8, 4) is 28.7 Å². The Morgan fingerprint density at radius 2 is 1.79 bits per heavy atom. The molecule has 34 heavy (non-hydrogen) atoms. The van der Waals surface area contributed by atoms with Crippen molar-refractivity contribution >= 4 is 23.0 Å². The normalized spacial score (nSPS) is 12.6. The number of fused-ring (bicyclic) bond motifs is 2. The Labute approximate surface area is 194 Å². The van der Waals surface area contributed by atoms with E-state index in [2.05, 4.69) is 0 Å². The number of carbonyl (C=O) groups is 1. The Balaban J connectivity index is 1.30. The zero-order valence-electron chi connectivity index (χ0n) is 18.3. The summed E-state index contributed by atoms with van der Waals surface area (Å²) in [5.74, 6) is 1.61. The van der Waals surface area contributed by atoms with Crippen molar-refractivity contribution < 1.29 is 28.2 Å². The average molecular weight is 456 g/mol. The molecule has 0 fully saturated rings. The Morgan fingerprint density at radius 3 is 2.65 bits per heavy atom. The van der Waals surface area contributed by atoms with Crippen LogP contribution in [-0.2, 0) is 4.79 Å². The van der Waals surface area contributed by atoms with Crippen LogP contribution in [0, 0.1) is 6.92 Å². The molecular weight excluding hydrogens is 436 g/mol. The molecule has 7 nitrogen and oxygen atoms in total. The maximum Gasteiger partial charge on any atom is 0.336 e. The van der Waals surface area contributed by atoms with E-state index < -0.39 is 5.97 Å². The molecule has 7 heteroatoms. The third-order valence-electron chi connectivity index (χ3n) is 5.13. The predicted molar refractivity (Wildman–Crippen MR) is 126 cm³/mol. The number of carbonyl (C=O) groups excluding carboxylic acids is 1. The first-order chi connectivity index (χ1) is 16.5. The van der Waals surface area contributed by atoms with Gasteiger partial charge in [-0.15, -0.1) is 0 Å². The van der Waals surface area contributed by atoms with Crippen molar-refractivity contribution in [3.63, 3.8) is 0 Å². The summed E-state index contributed by atoms with van der Waals surface area (Å²) in [6, 6.07) is 17.3. The largest absolute Gasteiger partial charge is 0.486 e. The van der Waals surface area contributed by atoms with Crippen LogP contribution in [-0.4, -0.2) is 19.2 Å². The van der Waals surface area contributed by atoms with E-state index in [4.69, 9.17) is 23.4 Å². The number of hydrogen-bond acceptors (Lipinski definition) is 7. The predicted octanol–water partition coefficient (Wildman–Crippen LogP) is 5.28. The first kappa shape index (κ1) is 21.3. The molecule has 0 spiro atoms. The summed E-state index contributed by atoms with van der Waals surface area (Å²) in [7, 11) is 0. The lowest BCUT2D eigenvalue weighted by Gasteiger charge is -2.18. The second-order valence-electron chi connectivity index (χ2n) is 7.66. The Kier molecular flexibility index (Phi) is 5.74. The van der Waals surface area contributed by atoms with E-state index in [9.17, 15) is 9.59 Å². The van der Waals surface area contributed by atoms with Crippen LogP contribution in [0.4, 0.5) is 0 Å². The summed E-state index contributed by atoms with van der Waals surface area (Å²) in [5, 5.41) is 0.316. The Bertz CT molecular complexity index is 1470. The van der Waals surface area contributed by atoms with Gasteiger partial charge in [0, 0.05) is 12.1 Å². The maximum absolute atomic E-state index is 12.8. The van der Waals surface area contributed by atoms with Crippen molar-refractivity contribution in [3.05, 3.63) is 94.4 Å². The molecule has 0 amide bonds. The van der Waals surface area contributed by atoms with Gasteiger partial charge in [-0.1, -0.05) is 18.2 Å². The highest BCUT2D eigenvalue weighted by Gasteiger charge is 2.13. The van der Waals surface area contributed by atoms with Gasteiger partial charge in [0.2, 0.25) is 11.2 Å². The van der Waals surface area contributed by atoms with Crippen molar-refractivity contribution in [2.45, 2.75) is 6.92 Å². The fraction of sp³-hybridized carbons (Fsp3) is 0.111. The second-order valence-corrected chi connectivity index (χ2v) is 7.66. The summed E-state index contributed by atoms with van der Waals surface area (Å²) in [6.07, 6.45) is 4.18. The standard InChI is InChI=1S/C27H20O7/c1-17-3-2-4-19(13-17)33-25-16-32-23-15-20(7-8-21(23)27(25)29)34-26(28)10-6-18-5-9-22-24(14-18)31-12-11-30-22/h2-10,13-16H,11-12H2,1H3. The molecule has 0 radical (unpaired) electrons. The number of hydrogen-bond donors (Lipinski definition) is 0. The van der Waals surface area contributed by atoms with Crippen molar-refractivity contribution in [1.82, 2.24) is 0 Å². The summed E-state index contributed by atoms with van der Waals surface area (Å²) < 4.78 is 27.6. The van der Waals surface area contributed by atoms with Crippen LogP contribution >= 0.6 is 0 Å². The molecule has 0 bridgehead atoms. The van der Waals surface area contributed by atoms with E-state index >= 15 is 0 Å². The van der Waals surface area contributed by atoms with Gasteiger partial charge >= 0.3 is 5.97 Å². The molecule has 0 aliphatic carbocycles. The quantitative estimate of drug-likeness (QED) is 0.229. The Morgan fingerprint density at radius 1 is 0.941 bits per heavy atom. The minimum Gasteiger partial charge on any atom is -0.486 e. The molecule has 0 unspecified atom stereocenters. The highest BCUT2D eigenvalue weighted by atomic mass is 16.6. The highest BCUT2D eigenvalue weighted by molar-refractivity contribution is 5.89. The number of ether oxygens (including phenoxy) is 4. The van der Waals surface area contributed by atoms with Gasteiger partial charge in [-0.05, 0) is 60.5 Å². The van der Waals surface area contributed by atoms with E-state index in [0.717, 1.165) is 11.1 Å². The first-order valence-electron chi connectivity index (χ1n) is 10.6. The van der Waals surface area contributed by atoms with Crippen LogP contribution in [0.2, 0.25) is 0 Å². The summed E-state index contributed by atoms with van der Waals surface area (Å²) in [4.78, 5) is 25.1. The van der Waals surface area contributed by atoms with Gasteiger partial charge in [0.1, 0.15) is 36.6 Å². The SMILES string of the molecule is Cc1cccc(Oc2coc3cc(OC(=O)C=Cc4ccc5c(c4)OCCO5)ccc3c2=O)c1. The Hall–Kier alpha value is -4.52. The molecule has 1 aliphatic rings. The summed E-state index contributed by atoms with van der Waals surface area (Å²) in [6.45, 7) is 2.94. The average Bonchev–Trinajstić information content (AvgIpc) is 2.84. The minimum atomic E-state index is -0.573. The lowest BCUT2D eigenvalue weighted by Crippen LogP contribution is -2.15. The highest BCUT2D eigenvalue weighted by Crippen LogP contribution is 2.31. The molecule has 5 rings (SSSR count). The van der Waals surface area contributed by atoms with E-state index in [0.29, 0.717) is 35.8 Å². The zero-order valence-corrected chi connectivity index (χ0v) is 18.3. The maximum atomic E-state index is 12.8. The van der Waals surface area contributed by atoms with Crippen molar-refractivity contribution in [1.29, 1.82) is 0 Å². The fourth-order valence-corrected chi connectivity index (χ4v) is 3.51. The summed E-state index contributed by atoms with van der Waals surface area (Å²) in [5.41, 5.74) is 1.74. The van der Waals surface area contributed by atoms with Gasteiger partial charge in [-0.3, -0.25) is 4.79 Å². The molecular formula is C27H20O7. The van der Waals surface area contributed by atoms with Gasteiger partial charge in [0.15, 0.2) is 11.5 Å².